The molecule has 0 N–H and O–H groups in total. The van der Waals surface area contributed by atoms with Crippen molar-refractivity contribution in [1.82, 2.24) is 19.5 Å². The van der Waals surface area contributed by atoms with E-state index in [1.54, 1.807) is 0 Å². The summed E-state index contributed by atoms with van der Waals surface area (Å²) in [6.07, 6.45) is 2.02. The standard InChI is InChI=1S/C28H22N3O.C17H22GeN.Ir/c1-16-14-17(2)25(18(3)15-16)31-24-11-6-5-10-23(24)30-27(31)22-9-7-8-20-21-13-12-19(4)29-28(21)32-26(20)22;1-13(2)14-6-8-15(9-7-14)17-11-10-16(12-19-17)18(3,4)5;/h5-8,10-15H,1-4H3;6-8,10-13H,1-5H3;/q2*-1;/i;13D;. The molecule has 0 saturated heterocycles. The third-order valence-corrected chi connectivity index (χ3v) is 13.6. The Morgan fingerprint density at radius 3 is 2.23 bits per heavy atom. The molecule has 0 aliphatic rings. The van der Waals surface area contributed by atoms with E-state index < -0.39 is 19.2 Å². The second-order valence-electron chi connectivity index (χ2n) is 14.7. The minimum atomic E-state index is -1.78. The van der Waals surface area contributed by atoms with Gasteiger partial charge in [0.05, 0.1) is 22.4 Å². The second-order valence-corrected chi connectivity index (χ2v) is 25.3. The molecule has 265 valence electrons. The number of furan rings is 1. The van der Waals surface area contributed by atoms with Gasteiger partial charge in [-0.15, -0.1) is 18.2 Å². The Balaban J connectivity index is 0.000000199. The first-order chi connectivity index (χ1) is 24.7. The summed E-state index contributed by atoms with van der Waals surface area (Å²) >= 11 is -1.78. The summed E-state index contributed by atoms with van der Waals surface area (Å²) in [4.78, 5) is 14.2. The molecule has 0 aliphatic heterocycles. The largest absolute Gasteiger partial charge is 0 e. The molecule has 1 radical (unpaired) electrons. The van der Waals surface area contributed by atoms with Gasteiger partial charge in [-0.3, -0.25) is 4.98 Å². The Morgan fingerprint density at radius 2 is 1.58 bits per heavy atom. The number of benzene rings is 4. The zero-order chi connectivity index (χ0) is 36.9. The Hall–Kier alpha value is -4.36. The molecular weight excluding hydrogens is 877 g/mol. The number of rotatable bonds is 5. The van der Waals surface area contributed by atoms with E-state index in [9.17, 15) is 0 Å². The molecule has 0 unspecified atom stereocenters. The average molecular weight is 923 g/mol. The zero-order valence-electron chi connectivity index (χ0n) is 32.3. The fraction of sp³-hybridized carbons (Fsp3) is 0.222. The van der Waals surface area contributed by atoms with E-state index in [4.69, 9.17) is 10.8 Å². The van der Waals surface area contributed by atoms with Gasteiger partial charge < -0.3 is 8.98 Å². The maximum atomic E-state index is 8.02. The normalized spacial score (nSPS) is 12.1. The van der Waals surface area contributed by atoms with E-state index >= 15 is 0 Å². The minimum absolute atomic E-state index is 0. The molecule has 4 aromatic heterocycles. The van der Waals surface area contributed by atoms with Crippen molar-refractivity contribution in [2.45, 2.75) is 64.7 Å². The fourth-order valence-electron chi connectivity index (χ4n) is 6.72. The maximum absolute atomic E-state index is 8.02. The SMILES string of the molecule is Cc1cc(C)c(-n2c(-c3[c-]ccc4c3oc3nc(C)ccc34)nc3ccccc32)c(C)c1.[2H]C(C)(C)c1c[c-]c(-c2cc[c]([Ge]([CH3])([CH3])[CH3])cn2)cc1.[Ir]. The second kappa shape index (κ2) is 14.9. The first kappa shape index (κ1) is 36.0. The first-order valence-electron chi connectivity index (χ1n) is 17.9. The molecule has 8 rings (SSSR count). The summed E-state index contributed by atoms with van der Waals surface area (Å²) in [6.45, 7) is 12.2. The van der Waals surface area contributed by atoms with Crippen LogP contribution in [0.25, 0.3) is 61.4 Å². The summed E-state index contributed by atoms with van der Waals surface area (Å²) < 4.78 is 18.0. The number of nitrogens with zero attached hydrogens (tertiary/aromatic N) is 4. The molecule has 0 atom stereocenters. The number of hydrogen-bond acceptors (Lipinski definition) is 4. The molecule has 0 spiro atoms. The Labute approximate surface area is 324 Å². The van der Waals surface area contributed by atoms with Crippen molar-refractivity contribution in [3.8, 4) is 28.3 Å². The van der Waals surface area contributed by atoms with Crippen LogP contribution in [-0.4, -0.2) is 32.8 Å². The van der Waals surface area contributed by atoms with Crippen molar-refractivity contribution in [2.75, 3.05) is 0 Å². The van der Waals surface area contributed by atoms with Gasteiger partial charge >= 0.3 is 120 Å². The van der Waals surface area contributed by atoms with E-state index in [0.717, 1.165) is 67.0 Å². The summed E-state index contributed by atoms with van der Waals surface area (Å²) in [5, 5.41) is 2.03. The molecule has 4 heterocycles. The molecule has 0 amide bonds. The van der Waals surface area contributed by atoms with E-state index in [2.05, 4.69) is 113 Å². The molecular formula is C45H44GeIrN4O-2. The van der Waals surface area contributed by atoms with Gasteiger partial charge in [0.1, 0.15) is 0 Å². The number of aromatic nitrogens is 4. The Bertz CT molecular complexity index is 2500. The predicted molar refractivity (Wildman–Crippen MR) is 215 cm³/mol. The first-order valence-corrected chi connectivity index (χ1v) is 24.8. The van der Waals surface area contributed by atoms with Crippen LogP contribution in [-0.2, 0) is 20.1 Å². The predicted octanol–water partition coefficient (Wildman–Crippen LogP) is 11.2. The van der Waals surface area contributed by atoms with Gasteiger partial charge in [-0.05, 0) is 63.1 Å². The van der Waals surface area contributed by atoms with Crippen molar-refractivity contribution >= 4 is 50.8 Å². The number of hydrogen-bond donors (Lipinski definition) is 0. The van der Waals surface area contributed by atoms with Gasteiger partial charge in [0.15, 0.2) is 0 Å². The van der Waals surface area contributed by atoms with Crippen LogP contribution in [0.3, 0.4) is 0 Å². The number of fused-ring (bicyclic) bond motifs is 4. The van der Waals surface area contributed by atoms with Crippen LogP contribution in [0.15, 0.2) is 102 Å². The Kier molecular flexibility index (Phi) is 10.3. The van der Waals surface area contributed by atoms with Crippen molar-refractivity contribution in [1.29, 1.82) is 0 Å². The van der Waals surface area contributed by atoms with Crippen LogP contribution < -0.4 is 4.40 Å². The third-order valence-electron chi connectivity index (χ3n) is 9.38. The summed E-state index contributed by atoms with van der Waals surface area (Å²) in [5.74, 6) is 7.35. The molecule has 0 saturated carbocycles. The molecule has 7 heteroatoms. The monoisotopic (exact) mass is 924 g/mol. The van der Waals surface area contributed by atoms with Gasteiger partial charge in [0, 0.05) is 36.9 Å². The zero-order valence-corrected chi connectivity index (χ0v) is 35.8. The molecule has 0 aliphatic carbocycles. The van der Waals surface area contributed by atoms with Crippen LogP contribution in [0.1, 0.15) is 49.1 Å². The van der Waals surface area contributed by atoms with Gasteiger partial charge in [-0.2, -0.15) is 0 Å². The quantitative estimate of drug-likeness (QED) is 0.127. The van der Waals surface area contributed by atoms with Crippen LogP contribution in [0.4, 0.5) is 0 Å². The average Bonchev–Trinajstić information content (AvgIpc) is 3.66. The summed E-state index contributed by atoms with van der Waals surface area (Å²) in [5.41, 5.74) is 12.9. The van der Waals surface area contributed by atoms with E-state index in [0.29, 0.717) is 5.71 Å². The van der Waals surface area contributed by atoms with Gasteiger partial charge in [0.2, 0.25) is 5.71 Å². The fourth-order valence-corrected chi connectivity index (χ4v) is 8.89. The molecule has 0 fully saturated rings. The van der Waals surface area contributed by atoms with Crippen molar-refractivity contribution in [3.05, 3.63) is 137 Å². The molecule has 8 aromatic rings. The van der Waals surface area contributed by atoms with Crippen LogP contribution in [0.5, 0.6) is 0 Å². The number of aryl methyl sites for hydroxylation is 4. The third kappa shape index (κ3) is 7.30. The van der Waals surface area contributed by atoms with Gasteiger partial charge in [0.25, 0.3) is 0 Å². The number of pyridine rings is 2. The van der Waals surface area contributed by atoms with Crippen molar-refractivity contribution in [2.24, 2.45) is 0 Å². The topological polar surface area (TPSA) is 56.7 Å². The number of para-hydroxylation sites is 2. The van der Waals surface area contributed by atoms with E-state index in [1.807, 2.05) is 69.4 Å². The summed E-state index contributed by atoms with van der Waals surface area (Å²) in [6, 6.07) is 37.6. The minimum Gasteiger partial charge on any atom is 0 e. The maximum Gasteiger partial charge on any atom is 0 e. The van der Waals surface area contributed by atoms with Gasteiger partial charge in [-0.1, -0.05) is 40.8 Å². The van der Waals surface area contributed by atoms with Crippen LogP contribution in [0.2, 0.25) is 17.3 Å². The van der Waals surface area contributed by atoms with Crippen molar-refractivity contribution in [3.63, 3.8) is 0 Å². The van der Waals surface area contributed by atoms with Crippen molar-refractivity contribution < 1.29 is 25.9 Å². The van der Waals surface area contributed by atoms with Crippen LogP contribution >= 0.6 is 0 Å². The molecule has 0 bridgehead atoms. The Morgan fingerprint density at radius 1 is 0.827 bits per heavy atom. The molecule has 52 heavy (non-hydrogen) atoms. The van der Waals surface area contributed by atoms with Gasteiger partial charge in [-0.25, -0.2) is 4.98 Å². The smallest absolute Gasteiger partial charge is 0 e. The van der Waals surface area contributed by atoms with E-state index in [1.165, 1.54) is 21.1 Å². The summed E-state index contributed by atoms with van der Waals surface area (Å²) in [7, 11) is 0. The molecule has 4 aromatic carbocycles. The molecule has 5 nitrogen and oxygen atoms in total. The number of imidazole rings is 1. The van der Waals surface area contributed by atoms with E-state index in [-0.39, 0.29) is 20.1 Å². The van der Waals surface area contributed by atoms with Crippen LogP contribution in [0, 0.1) is 39.8 Å².